The van der Waals surface area contributed by atoms with Crippen molar-refractivity contribution in [2.75, 3.05) is 0 Å². The van der Waals surface area contributed by atoms with Crippen molar-refractivity contribution in [2.45, 2.75) is 0 Å². The van der Waals surface area contributed by atoms with Crippen LogP contribution in [0.25, 0.3) is 22.4 Å². The van der Waals surface area contributed by atoms with Crippen LogP contribution in [0.5, 0.6) is 0 Å². The van der Waals surface area contributed by atoms with E-state index in [-0.39, 0.29) is 0 Å². The second-order valence-corrected chi connectivity index (χ2v) is 7.37. The number of aromatic nitrogens is 1. The summed E-state index contributed by atoms with van der Waals surface area (Å²) in [5.74, 6) is 0. The minimum atomic E-state index is 0.393. The Kier molecular flexibility index (Phi) is 5.51. The molecule has 0 fully saturated rings. The standard InChI is InChI=1S/C17H7Cl6N/c18-11-5-15(22)13(20)3-9(11)8-1-2-17(24-7-8)10-4-14(21)16(23)6-12(10)19/h1-7H. The summed E-state index contributed by atoms with van der Waals surface area (Å²) in [5.41, 5.74) is 2.90. The van der Waals surface area contributed by atoms with Gasteiger partial charge in [-0.1, -0.05) is 75.7 Å². The highest BCUT2D eigenvalue weighted by Gasteiger charge is 2.12. The average molecular weight is 438 g/mol. The lowest BCUT2D eigenvalue weighted by Gasteiger charge is -2.09. The van der Waals surface area contributed by atoms with Crippen LogP contribution in [-0.2, 0) is 0 Å². The second-order valence-electron chi connectivity index (χ2n) is 4.92. The van der Waals surface area contributed by atoms with E-state index in [4.69, 9.17) is 69.6 Å². The summed E-state index contributed by atoms with van der Waals surface area (Å²) in [4.78, 5) is 4.43. The number of hydrogen-bond donors (Lipinski definition) is 0. The van der Waals surface area contributed by atoms with Crippen LogP contribution in [0.15, 0.2) is 42.6 Å². The fourth-order valence-corrected chi connectivity index (χ4v) is 3.47. The number of benzene rings is 2. The Hall–Kier alpha value is -0.670. The fourth-order valence-electron chi connectivity index (χ4n) is 2.18. The first-order valence-electron chi connectivity index (χ1n) is 6.62. The van der Waals surface area contributed by atoms with E-state index in [1.54, 1.807) is 30.5 Å². The van der Waals surface area contributed by atoms with Gasteiger partial charge < -0.3 is 0 Å². The van der Waals surface area contributed by atoms with Gasteiger partial charge >= 0.3 is 0 Å². The van der Waals surface area contributed by atoms with Crippen LogP contribution in [0, 0.1) is 0 Å². The van der Waals surface area contributed by atoms with E-state index in [0.717, 1.165) is 11.1 Å². The molecule has 2 aromatic carbocycles. The van der Waals surface area contributed by atoms with Crippen molar-refractivity contribution >= 4 is 69.6 Å². The predicted molar refractivity (Wildman–Crippen MR) is 105 cm³/mol. The van der Waals surface area contributed by atoms with Crippen LogP contribution in [0.4, 0.5) is 0 Å². The number of rotatable bonds is 2. The van der Waals surface area contributed by atoms with Gasteiger partial charge in [0.15, 0.2) is 0 Å². The molecule has 1 nitrogen and oxygen atoms in total. The van der Waals surface area contributed by atoms with Crippen LogP contribution in [0.3, 0.4) is 0 Å². The van der Waals surface area contributed by atoms with Gasteiger partial charge in [0.2, 0.25) is 0 Å². The molecule has 0 radical (unpaired) electrons. The molecular formula is C17H7Cl6N. The van der Waals surface area contributed by atoms with Crippen molar-refractivity contribution in [3.63, 3.8) is 0 Å². The van der Waals surface area contributed by atoms with E-state index in [9.17, 15) is 0 Å². The van der Waals surface area contributed by atoms with Crippen molar-refractivity contribution in [1.29, 1.82) is 0 Å². The van der Waals surface area contributed by atoms with Crippen molar-refractivity contribution < 1.29 is 0 Å². The first-order valence-corrected chi connectivity index (χ1v) is 8.89. The molecule has 0 saturated carbocycles. The average Bonchev–Trinajstić information content (AvgIpc) is 2.55. The van der Waals surface area contributed by atoms with Crippen LogP contribution in [0.1, 0.15) is 0 Å². The maximum atomic E-state index is 6.23. The monoisotopic (exact) mass is 435 g/mol. The molecule has 122 valence electrons. The molecule has 0 amide bonds. The lowest BCUT2D eigenvalue weighted by molar-refractivity contribution is 1.32. The highest BCUT2D eigenvalue weighted by molar-refractivity contribution is 6.44. The van der Waals surface area contributed by atoms with Crippen LogP contribution in [0.2, 0.25) is 30.1 Å². The van der Waals surface area contributed by atoms with Crippen molar-refractivity contribution in [3.8, 4) is 22.4 Å². The predicted octanol–water partition coefficient (Wildman–Crippen LogP) is 8.34. The van der Waals surface area contributed by atoms with E-state index in [1.165, 1.54) is 0 Å². The SMILES string of the molecule is Clc1cc(Cl)c(-c2ccc(-c3cc(Cl)c(Cl)cc3Cl)nc2)cc1Cl. The number of nitrogens with zero attached hydrogens (tertiary/aromatic N) is 1. The maximum absolute atomic E-state index is 6.23. The largest absolute Gasteiger partial charge is 0.256 e. The molecule has 3 aromatic rings. The van der Waals surface area contributed by atoms with Crippen molar-refractivity contribution in [3.05, 3.63) is 72.7 Å². The third kappa shape index (κ3) is 3.62. The summed E-state index contributed by atoms with van der Waals surface area (Å²) < 4.78 is 0. The summed E-state index contributed by atoms with van der Waals surface area (Å²) in [5, 5.41) is 2.59. The Morgan fingerprint density at radius 3 is 1.58 bits per heavy atom. The molecule has 0 N–H and O–H groups in total. The summed E-state index contributed by atoms with van der Waals surface area (Å²) in [6, 6.07) is 10.3. The van der Waals surface area contributed by atoms with Crippen molar-refractivity contribution in [2.24, 2.45) is 0 Å². The molecule has 1 heterocycles. The molecule has 0 aliphatic heterocycles. The van der Waals surface area contributed by atoms with Crippen LogP contribution >= 0.6 is 69.6 Å². The normalized spacial score (nSPS) is 10.9. The Balaban J connectivity index is 2.03. The Labute approximate surface area is 169 Å². The minimum Gasteiger partial charge on any atom is -0.256 e. The minimum absolute atomic E-state index is 0.393. The molecule has 7 heteroatoms. The van der Waals surface area contributed by atoms with Gasteiger partial charge in [-0.25, -0.2) is 0 Å². The zero-order valence-corrected chi connectivity index (χ0v) is 16.3. The third-order valence-electron chi connectivity index (χ3n) is 3.37. The van der Waals surface area contributed by atoms with Crippen LogP contribution < -0.4 is 0 Å². The van der Waals surface area contributed by atoms with Crippen molar-refractivity contribution in [1.82, 2.24) is 4.98 Å². The number of halogens is 6. The van der Waals surface area contributed by atoms with Gasteiger partial charge in [0.1, 0.15) is 0 Å². The molecule has 0 aliphatic rings. The van der Waals surface area contributed by atoms with Gasteiger partial charge in [0.05, 0.1) is 35.8 Å². The summed E-state index contributed by atoms with van der Waals surface area (Å²) in [7, 11) is 0. The second kappa shape index (κ2) is 7.29. The molecule has 24 heavy (non-hydrogen) atoms. The van der Waals surface area contributed by atoms with Gasteiger partial charge in [0, 0.05) is 22.9 Å². The molecule has 0 bridgehead atoms. The Bertz CT molecular complexity index is 845. The zero-order chi connectivity index (χ0) is 17.4. The molecule has 3 rings (SSSR count). The van der Waals surface area contributed by atoms with E-state index in [1.807, 2.05) is 12.1 Å². The fraction of sp³-hybridized carbons (Fsp3) is 0. The first kappa shape index (κ1) is 18.1. The van der Waals surface area contributed by atoms with Gasteiger partial charge in [-0.3, -0.25) is 4.98 Å². The highest BCUT2D eigenvalue weighted by atomic mass is 35.5. The summed E-state index contributed by atoms with van der Waals surface area (Å²) >= 11 is 36.5. The van der Waals surface area contributed by atoms with Gasteiger partial charge in [-0.15, -0.1) is 0 Å². The van der Waals surface area contributed by atoms with Gasteiger partial charge in [-0.2, -0.15) is 0 Å². The number of hydrogen-bond acceptors (Lipinski definition) is 1. The number of pyridine rings is 1. The Morgan fingerprint density at radius 1 is 0.542 bits per heavy atom. The molecule has 0 atom stereocenters. The molecule has 0 unspecified atom stereocenters. The quantitative estimate of drug-likeness (QED) is 0.367. The van der Waals surface area contributed by atoms with E-state index >= 15 is 0 Å². The highest BCUT2D eigenvalue weighted by Crippen LogP contribution is 2.37. The maximum Gasteiger partial charge on any atom is 0.0717 e. The lowest BCUT2D eigenvalue weighted by Crippen LogP contribution is -1.88. The summed E-state index contributed by atoms with van der Waals surface area (Å²) in [6.45, 7) is 0. The molecular weight excluding hydrogens is 431 g/mol. The smallest absolute Gasteiger partial charge is 0.0717 e. The topological polar surface area (TPSA) is 12.9 Å². The van der Waals surface area contributed by atoms with E-state index < -0.39 is 0 Å². The zero-order valence-electron chi connectivity index (χ0n) is 11.8. The Morgan fingerprint density at radius 2 is 1.04 bits per heavy atom. The summed E-state index contributed by atoms with van der Waals surface area (Å²) in [6.07, 6.45) is 1.68. The molecule has 0 aliphatic carbocycles. The molecule has 0 spiro atoms. The third-order valence-corrected chi connectivity index (χ3v) is 5.44. The molecule has 0 saturated heterocycles. The lowest BCUT2D eigenvalue weighted by atomic mass is 10.1. The van der Waals surface area contributed by atoms with Crippen LogP contribution in [-0.4, -0.2) is 4.98 Å². The van der Waals surface area contributed by atoms with Gasteiger partial charge in [-0.05, 0) is 30.3 Å². The van der Waals surface area contributed by atoms with E-state index in [2.05, 4.69) is 4.98 Å². The first-order chi connectivity index (χ1) is 11.4. The van der Waals surface area contributed by atoms with E-state index in [0.29, 0.717) is 41.4 Å². The molecule has 1 aromatic heterocycles. The van der Waals surface area contributed by atoms with Gasteiger partial charge in [0.25, 0.3) is 0 Å².